The molecule has 1 heterocycles. The molecule has 1 aliphatic heterocycles. The van der Waals surface area contributed by atoms with E-state index in [1.807, 2.05) is 0 Å². The number of amides is 4. The zero-order valence-corrected chi connectivity index (χ0v) is 18.5. The number of benzene rings is 2. The van der Waals surface area contributed by atoms with Gasteiger partial charge in [0.2, 0.25) is 0 Å². The molecule has 1 saturated heterocycles. The number of methoxy groups -OCH3 is 2. The number of ether oxygens (including phenoxy) is 3. The van der Waals surface area contributed by atoms with Gasteiger partial charge in [0.05, 0.1) is 24.4 Å². The summed E-state index contributed by atoms with van der Waals surface area (Å²) in [4.78, 5) is 49.3. The summed E-state index contributed by atoms with van der Waals surface area (Å²) in [6.07, 6.45) is 1.29. The minimum atomic E-state index is -1.17. The number of imide groups is 2. The van der Waals surface area contributed by atoms with Crippen LogP contribution in [0.25, 0.3) is 6.08 Å². The minimum Gasteiger partial charge on any atom is -0.497 e. The number of rotatable bonds is 7. The van der Waals surface area contributed by atoms with Gasteiger partial charge in [-0.05, 0) is 64.0 Å². The smallest absolute Gasteiger partial charge is 0.341 e. The first-order valence-electron chi connectivity index (χ1n) is 9.02. The molecule has 1 aliphatic rings. The molecule has 0 bridgehead atoms. The Morgan fingerprint density at radius 1 is 1.12 bits per heavy atom. The summed E-state index contributed by atoms with van der Waals surface area (Å²) in [6, 6.07) is 8.28. The first kappa shape index (κ1) is 22.8. The van der Waals surface area contributed by atoms with Crippen LogP contribution >= 0.6 is 15.9 Å². The Balaban J connectivity index is 1.98. The SMILES string of the molecule is COc1ccc(N2C(=O)NC(=O)/C(=C/c3cc(Br)c(OCC(=O)O)c(OC)c3)C2=O)cc1. The van der Waals surface area contributed by atoms with Crippen molar-refractivity contribution in [3.05, 3.63) is 52.0 Å². The number of carbonyl (C=O) groups excluding carboxylic acids is 3. The van der Waals surface area contributed by atoms with Crippen LogP contribution in [0, 0.1) is 0 Å². The first-order valence-corrected chi connectivity index (χ1v) is 9.82. The van der Waals surface area contributed by atoms with Crippen molar-refractivity contribution in [2.75, 3.05) is 25.7 Å². The normalized spacial score (nSPS) is 14.9. The molecule has 1 fully saturated rings. The van der Waals surface area contributed by atoms with Crippen molar-refractivity contribution in [2.24, 2.45) is 0 Å². The van der Waals surface area contributed by atoms with Crippen molar-refractivity contribution >= 4 is 51.5 Å². The lowest BCUT2D eigenvalue weighted by Crippen LogP contribution is -2.54. The number of urea groups is 1. The van der Waals surface area contributed by atoms with Gasteiger partial charge in [-0.1, -0.05) is 0 Å². The zero-order chi connectivity index (χ0) is 23.4. The van der Waals surface area contributed by atoms with E-state index in [9.17, 15) is 19.2 Å². The molecule has 0 spiro atoms. The second-order valence-electron chi connectivity index (χ2n) is 6.37. The van der Waals surface area contributed by atoms with Gasteiger partial charge in [0.15, 0.2) is 18.1 Å². The molecule has 2 aromatic carbocycles. The Kier molecular flexibility index (Phi) is 6.79. The predicted molar refractivity (Wildman–Crippen MR) is 116 cm³/mol. The molecular formula is C21H17BrN2O8. The van der Waals surface area contributed by atoms with E-state index in [1.165, 1.54) is 44.6 Å². The quantitative estimate of drug-likeness (QED) is 0.434. The van der Waals surface area contributed by atoms with Crippen LogP contribution in [0.2, 0.25) is 0 Å². The molecule has 4 amide bonds. The van der Waals surface area contributed by atoms with E-state index in [4.69, 9.17) is 19.3 Å². The molecule has 2 N–H and O–H groups in total. The highest BCUT2D eigenvalue weighted by atomic mass is 79.9. The average Bonchev–Trinajstić information content (AvgIpc) is 2.75. The molecule has 0 atom stereocenters. The van der Waals surface area contributed by atoms with Crippen LogP contribution in [-0.4, -0.2) is 49.7 Å². The van der Waals surface area contributed by atoms with E-state index >= 15 is 0 Å². The highest BCUT2D eigenvalue weighted by Gasteiger charge is 2.36. The Labute approximate surface area is 190 Å². The monoisotopic (exact) mass is 504 g/mol. The summed E-state index contributed by atoms with van der Waals surface area (Å²) >= 11 is 3.27. The van der Waals surface area contributed by atoms with E-state index in [2.05, 4.69) is 21.2 Å². The summed E-state index contributed by atoms with van der Waals surface area (Å²) in [7, 11) is 2.84. The van der Waals surface area contributed by atoms with Gasteiger partial charge in [-0.15, -0.1) is 0 Å². The van der Waals surface area contributed by atoms with Gasteiger partial charge in [0, 0.05) is 0 Å². The topological polar surface area (TPSA) is 131 Å². The summed E-state index contributed by atoms with van der Waals surface area (Å²) in [5, 5.41) is 11.0. The van der Waals surface area contributed by atoms with Crippen LogP contribution in [0.5, 0.6) is 17.2 Å². The zero-order valence-electron chi connectivity index (χ0n) is 16.9. The fourth-order valence-corrected chi connectivity index (χ4v) is 3.46. The van der Waals surface area contributed by atoms with Gasteiger partial charge in [0.1, 0.15) is 11.3 Å². The maximum absolute atomic E-state index is 13.0. The molecule has 0 aromatic heterocycles. The molecule has 0 saturated carbocycles. The van der Waals surface area contributed by atoms with Crippen molar-refractivity contribution in [3.8, 4) is 17.2 Å². The van der Waals surface area contributed by atoms with E-state index in [-0.39, 0.29) is 22.8 Å². The molecular weight excluding hydrogens is 488 g/mol. The van der Waals surface area contributed by atoms with Crippen molar-refractivity contribution < 1.29 is 38.5 Å². The molecule has 3 rings (SSSR count). The number of nitrogens with zero attached hydrogens (tertiary/aromatic N) is 1. The molecule has 32 heavy (non-hydrogen) atoms. The van der Waals surface area contributed by atoms with Crippen LogP contribution < -0.4 is 24.4 Å². The van der Waals surface area contributed by atoms with Crippen molar-refractivity contribution in [2.45, 2.75) is 0 Å². The van der Waals surface area contributed by atoms with Gasteiger partial charge >= 0.3 is 12.0 Å². The second-order valence-corrected chi connectivity index (χ2v) is 7.23. The number of carboxylic acid groups (broad SMARTS) is 1. The molecule has 11 heteroatoms. The minimum absolute atomic E-state index is 0.145. The summed E-state index contributed by atoms with van der Waals surface area (Å²) in [6.45, 7) is -0.588. The maximum Gasteiger partial charge on any atom is 0.341 e. The average molecular weight is 505 g/mol. The maximum atomic E-state index is 13.0. The number of hydrogen-bond acceptors (Lipinski definition) is 7. The fraction of sp³-hybridized carbons (Fsp3) is 0.143. The van der Waals surface area contributed by atoms with E-state index in [1.54, 1.807) is 12.1 Å². The third-order valence-corrected chi connectivity index (χ3v) is 4.92. The fourth-order valence-electron chi connectivity index (χ4n) is 2.89. The number of hydrogen-bond donors (Lipinski definition) is 2. The lowest BCUT2D eigenvalue weighted by molar-refractivity contribution is -0.139. The Morgan fingerprint density at radius 2 is 1.81 bits per heavy atom. The Hall–Kier alpha value is -3.86. The van der Waals surface area contributed by atoms with Gasteiger partial charge in [-0.2, -0.15) is 0 Å². The predicted octanol–water partition coefficient (Wildman–Crippen LogP) is 2.60. The largest absolute Gasteiger partial charge is 0.497 e. The van der Waals surface area contributed by atoms with Gasteiger partial charge in [-0.25, -0.2) is 14.5 Å². The third kappa shape index (κ3) is 4.72. The highest BCUT2D eigenvalue weighted by molar-refractivity contribution is 9.10. The summed E-state index contributed by atoms with van der Waals surface area (Å²) < 4.78 is 15.9. The van der Waals surface area contributed by atoms with Crippen LogP contribution in [0.1, 0.15) is 5.56 Å². The molecule has 10 nitrogen and oxygen atoms in total. The Morgan fingerprint density at radius 3 is 2.41 bits per heavy atom. The summed E-state index contributed by atoms with van der Waals surface area (Å²) in [5.74, 6) is -1.98. The number of carbonyl (C=O) groups is 4. The molecule has 0 unspecified atom stereocenters. The lowest BCUT2D eigenvalue weighted by atomic mass is 10.1. The standard InChI is InChI=1S/C21H17BrN2O8/c1-30-13-5-3-12(4-6-13)24-20(28)14(19(27)23-21(24)29)7-11-8-15(22)18(16(9-11)31-2)32-10-17(25)26/h3-9H,10H2,1-2H3,(H,25,26)(H,23,27,29)/b14-7-. The molecule has 0 radical (unpaired) electrons. The number of barbiturate groups is 1. The number of carboxylic acids is 1. The van der Waals surface area contributed by atoms with E-state index in [0.29, 0.717) is 15.8 Å². The highest BCUT2D eigenvalue weighted by Crippen LogP contribution is 2.37. The lowest BCUT2D eigenvalue weighted by Gasteiger charge is -2.26. The van der Waals surface area contributed by atoms with E-state index < -0.39 is 30.4 Å². The van der Waals surface area contributed by atoms with Crippen LogP contribution in [0.4, 0.5) is 10.5 Å². The second kappa shape index (κ2) is 9.52. The molecule has 166 valence electrons. The first-order chi connectivity index (χ1) is 15.2. The number of halogens is 1. The number of aliphatic carboxylic acids is 1. The van der Waals surface area contributed by atoms with Crippen LogP contribution in [0.15, 0.2) is 46.4 Å². The van der Waals surface area contributed by atoms with Crippen molar-refractivity contribution in [3.63, 3.8) is 0 Å². The summed E-state index contributed by atoms with van der Waals surface area (Å²) in [5.41, 5.74) is 0.343. The Bertz CT molecular complexity index is 1130. The van der Waals surface area contributed by atoms with E-state index in [0.717, 1.165) is 4.90 Å². The number of anilines is 1. The van der Waals surface area contributed by atoms with Gasteiger partial charge < -0.3 is 19.3 Å². The van der Waals surface area contributed by atoms with Crippen LogP contribution in [-0.2, 0) is 14.4 Å². The van der Waals surface area contributed by atoms with Crippen molar-refractivity contribution in [1.82, 2.24) is 5.32 Å². The van der Waals surface area contributed by atoms with Gasteiger partial charge in [0.25, 0.3) is 11.8 Å². The van der Waals surface area contributed by atoms with Gasteiger partial charge in [-0.3, -0.25) is 14.9 Å². The number of nitrogens with one attached hydrogen (secondary N) is 1. The van der Waals surface area contributed by atoms with Crippen molar-refractivity contribution in [1.29, 1.82) is 0 Å². The molecule has 0 aliphatic carbocycles. The molecule has 2 aromatic rings. The third-order valence-electron chi connectivity index (χ3n) is 4.34. The van der Waals surface area contributed by atoms with Crippen LogP contribution in [0.3, 0.4) is 0 Å².